The Morgan fingerprint density at radius 3 is 1.89 bits per heavy atom. The highest BCUT2D eigenvalue weighted by atomic mass is 16.1. The van der Waals surface area contributed by atoms with Gasteiger partial charge < -0.3 is 0 Å². The van der Waals surface area contributed by atoms with Gasteiger partial charge in [0.2, 0.25) is 0 Å². The number of nitrogens with one attached hydrogen (secondary N) is 1. The van der Waals surface area contributed by atoms with Crippen LogP contribution < -0.4 is 5.43 Å². The molecule has 1 atom stereocenters. The predicted octanol–water partition coefficient (Wildman–Crippen LogP) is 5.80. The molecule has 0 saturated carbocycles. The zero-order chi connectivity index (χ0) is 18.9. The van der Waals surface area contributed by atoms with Crippen molar-refractivity contribution >= 4 is 17.2 Å². The molecular weight excluding hydrogens is 332 g/mol. The first-order chi connectivity index (χ1) is 13.2. The number of ketones is 1. The lowest BCUT2D eigenvalue weighted by Gasteiger charge is -2.14. The fourth-order valence-electron chi connectivity index (χ4n) is 2.96. The molecule has 3 rings (SSSR count). The average Bonchev–Trinajstić information content (AvgIpc) is 2.73. The summed E-state index contributed by atoms with van der Waals surface area (Å²) in [7, 11) is 0. The van der Waals surface area contributed by atoms with Gasteiger partial charge in [-0.05, 0) is 30.0 Å². The minimum absolute atomic E-state index is 0.173. The second-order valence-electron chi connectivity index (χ2n) is 6.70. The van der Waals surface area contributed by atoms with E-state index in [-0.39, 0.29) is 11.7 Å². The van der Waals surface area contributed by atoms with Crippen molar-refractivity contribution in [2.24, 2.45) is 11.0 Å². The summed E-state index contributed by atoms with van der Waals surface area (Å²) in [6.07, 6.45) is 1.23. The van der Waals surface area contributed by atoms with Crippen molar-refractivity contribution < 1.29 is 4.79 Å². The van der Waals surface area contributed by atoms with E-state index in [9.17, 15) is 4.79 Å². The molecule has 0 fully saturated rings. The van der Waals surface area contributed by atoms with Crippen LogP contribution >= 0.6 is 0 Å². The van der Waals surface area contributed by atoms with Crippen molar-refractivity contribution in [2.75, 3.05) is 5.43 Å². The number of hydrogen-bond donors (Lipinski definition) is 1. The standard InChI is InChI=1S/C24H24N2O/c1-19(18-24(27)21-13-7-3-8-14-21)17-23(20-11-5-2-6-12-20)26-25-22-15-9-4-10-16-22/h2-16,19,25H,17-18H2,1H3/b26-23+/t19-/m1/s1. The molecule has 1 N–H and O–H groups in total. The normalized spacial score (nSPS) is 12.4. The summed E-state index contributed by atoms with van der Waals surface area (Å²) in [4.78, 5) is 12.5. The molecule has 3 aromatic carbocycles. The molecule has 3 aromatic rings. The largest absolute Gasteiger partial charge is 0.294 e. The van der Waals surface area contributed by atoms with Gasteiger partial charge in [-0.1, -0.05) is 85.8 Å². The Morgan fingerprint density at radius 2 is 1.30 bits per heavy atom. The SMILES string of the molecule is C[C@@H](CC(=O)c1ccccc1)C/C(=N\Nc1ccccc1)c1ccccc1. The lowest BCUT2D eigenvalue weighted by atomic mass is 9.93. The van der Waals surface area contributed by atoms with Crippen LogP contribution in [0.3, 0.4) is 0 Å². The van der Waals surface area contributed by atoms with Crippen LogP contribution in [0, 0.1) is 5.92 Å². The maximum absolute atomic E-state index is 12.5. The number of carbonyl (C=O) groups excluding carboxylic acids is 1. The lowest BCUT2D eigenvalue weighted by molar-refractivity contribution is 0.0966. The van der Waals surface area contributed by atoms with E-state index in [0.717, 1.165) is 28.9 Å². The number of anilines is 1. The summed E-state index contributed by atoms with van der Waals surface area (Å²) in [6, 6.07) is 29.5. The Morgan fingerprint density at radius 1 is 0.778 bits per heavy atom. The summed E-state index contributed by atoms with van der Waals surface area (Å²) in [5.74, 6) is 0.362. The Bertz CT molecular complexity index is 874. The molecule has 3 heteroatoms. The summed E-state index contributed by atoms with van der Waals surface area (Å²) in [5, 5.41) is 4.64. The third kappa shape index (κ3) is 5.65. The van der Waals surface area contributed by atoms with E-state index in [0.29, 0.717) is 6.42 Å². The Balaban J connectivity index is 1.72. The third-order valence-corrected chi connectivity index (χ3v) is 4.37. The summed E-state index contributed by atoms with van der Waals surface area (Å²) in [6.45, 7) is 2.10. The smallest absolute Gasteiger partial charge is 0.163 e. The van der Waals surface area contributed by atoms with Gasteiger partial charge >= 0.3 is 0 Å². The van der Waals surface area contributed by atoms with Gasteiger partial charge in [-0.15, -0.1) is 0 Å². The number of hydrogen-bond acceptors (Lipinski definition) is 3. The molecule has 0 bridgehead atoms. The van der Waals surface area contributed by atoms with E-state index in [2.05, 4.69) is 29.6 Å². The van der Waals surface area contributed by atoms with Gasteiger partial charge in [0.15, 0.2) is 5.78 Å². The first kappa shape index (κ1) is 18.6. The van der Waals surface area contributed by atoms with Crippen molar-refractivity contribution in [3.05, 3.63) is 102 Å². The average molecular weight is 356 g/mol. The molecule has 0 radical (unpaired) electrons. The number of rotatable bonds is 8. The van der Waals surface area contributed by atoms with E-state index in [4.69, 9.17) is 0 Å². The molecule has 0 aliphatic carbocycles. The molecule has 0 aromatic heterocycles. The second-order valence-corrected chi connectivity index (χ2v) is 6.70. The predicted molar refractivity (Wildman–Crippen MR) is 112 cm³/mol. The monoisotopic (exact) mass is 356 g/mol. The van der Waals surface area contributed by atoms with E-state index in [1.165, 1.54) is 0 Å². The number of carbonyl (C=O) groups is 1. The van der Waals surface area contributed by atoms with Crippen LogP contribution in [0.2, 0.25) is 0 Å². The first-order valence-electron chi connectivity index (χ1n) is 9.23. The van der Waals surface area contributed by atoms with Gasteiger partial charge in [0, 0.05) is 12.0 Å². The van der Waals surface area contributed by atoms with Gasteiger partial charge in [-0.2, -0.15) is 5.10 Å². The van der Waals surface area contributed by atoms with E-state index >= 15 is 0 Å². The van der Waals surface area contributed by atoms with E-state index < -0.39 is 0 Å². The highest BCUT2D eigenvalue weighted by Gasteiger charge is 2.15. The molecule has 3 nitrogen and oxygen atoms in total. The van der Waals surface area contributed by atoms with Crippen LogP contribution in [0.4, 0.5) is 5.69 Å². The zero-order valence-electron chi connectivity index (χ0n) is 15.5. The fourth-order valence-corrected chi connectivity index (χ4v) is 2.96. The minimum Gasteiger partial charge on any atom is -0.294 e. The number of hydrazone groups is 1. The van der Waals surface area contributed by atoms with Gasteiger partial charge in [0.25, 0.3) is 0 Å². The van der Waals surface area contributed by atoms with Gasteiger partial charge in [0.05, 0.1) is 11.4 Å². The first-order valence-corrected chi connectivity index (χ1v) is 9.23. The van der Waals surface area contributed by atoms with Crippen LogP contribution in [0.15, 0.2) is 96.1 Å². The maximum atomic E-state index is 12.5. The van der Waals surface area contributed by atoms with Crippen LogP contribution in [0.1, 0.15) is 35.7 Å². The van der Waals surface area contributed by atoms with E-state index in [1.54, 1.807) is 0 Å². The molecule has 0 aliphatic heterocycles. The Labute approximate surface area is 160 Å². The minimum atomic E-state index is 0.173. The van der Waals surface area contributed by atoms with Crippen LogP contribution in [0.25, 0.3) is 0 Å². The van der Waals surface area contributed by atoms with Crippen molar-refractivity contribution in [3.8, 4) is 0 Å². The van der Waals surface area contributed by atoms with E-state index in [1.807, 2.05) is 78.9 Å². The van der Waals surface area contributed by atoms with Crippen molar-refractivity contribution in [1.29, 1.82) is 0 Å². The molecule has 0 spiro atoms. The molecule has 0 aliphatic rings. The molecule has 27 heavy (non-hydrogen) atoms. The quantitative estimate of drug-likeness (QED) is 0.315. The highest BCUT2D eigenvalue weighted by Crippen LogP contribution is 2.17. The summed E-state index contributed by atoms with van der Waals surface area (Å²) in [5.41, 5.74) is 6.87. The van der Waals surface area contributed by atoms with Crippen LogP contribution in [-0.2, 0) is 0 Å². The second kappa shape index (κ2) is 9.48. The summed E-state index contributed by atoms with van der Waals surface area (Å²) >= 11 is 0. The molecule has 0 heterocycles. The van der Waals surface area contributed by atoms with Gasteiger partial charge in [-0.25, -0.2) is 0 Å². The van der Waals surface area contributed by atoms with Crippen molar-refractivity contribution in [2.45, 2.75) is 19.8 Å². The maximum Gasteiger partial charge on any atom is 0.163 e. The van der Waals surface area contributed by atoms with Crippen LogP contribution in [0.5, 0.6) is 0 Å². The molecule has 0 amide bonds. The van der Waals surface area contributed by atoms with Gasteiger partial charge in [0.1, 0.15) is 0 Å². The third-order valence-electron chi connectivity index (χ3n) is 4.37. The summed E-state index contributed by atoms with van der Waals surface area (Å²) < 4.78 is 0. The number of nitrogens with zero attached hydrogens (tertiary/aromatic N) is 1. The lowest BCUT2D eigenvalue weighted by Crippen LogP contribution is -2.13. The van der Waals surface area contributed by atoms with Crippen molar-refractivity contribution in [1.82, 2.24) is 0 Å². The molecule has 0 saturated heterocycles. The van der Waals surface area contributed by atoms with Gasteiger partial charge in [-0.3, -0.25) is 10.2 Å². The topological polar surface area (TPSA) is 41.5 Å². The number of para-hydroxylation sites is 1. The number of Topliss-reactive ketones (excluding diaryl/α,β-unsaturated/α-hetero) is 1. The Hall–Kier alpha value is -3.20. The zero-order valence-corrected chi connectivity index (χ0v) is 15.5. The number of benzene rings is 3. The van der Waals surface area contributed by atoms with Crippen molar-refractivity contribution in [3.63, 3.8) is 0 Å². The Kier molecular flexibility index (Phi) is 6.53. The molecular formula is C24H24N2O. The molecule has 136 valence electrons. The highest BCUT2D eigenvalue weighted by molar-refractivity contribution is 6.02. The fraction of sp³-hybridized carbons (Fsp3) is 0.167. The molecule has 0 unspecified atom stereocenters. The van der Waals surface area contributed by atoms with Crippen LogP contribution in [-0.4, -0.2) is 11.5 Å².